The molecule has 0 atom stereocenters. The Morgan fingerprint density at radius 1 is 1.00 bits per heavy atom. The number of hydrogen-bond donors (Lipinski definition) is 0. The van der Waals surface area contributed by atoms with Crippen LogP contribution in [0.25, 0.3) is 0 Å². The van der Waals surface area contributed by atoms with Gasteiger partial charge in [0.25, 0.3) is 0 Å². The van der Waals surface area contributed by atoms with Gasteiger partial charge in [0.05, 0.1) is 18.4 Å². The molecule has 9 heteroatoms. The Labute approximate surface area is 166 Å². The summed E-state index contributed by atoms with van der Waals surface area (Å²) < 4.78 is 36.3. The summed E-state index contributed by atoms with van der Waals surface area (Å²) in [6.45, 7) is -0.442. The highest BCUT2D eigenvalue weighted by Gasteiger charge is 2.23. The van der Waals surface area contributed by atoms with E-state index in [2.05, 4.69) is 20.7 Å². The van der Waals surface area contributed by atoms with Crippen molar-refractivity contribution < 1.29 is 27.5 Å². The second-order valence-electron chi connectivity index (χ2n) is 5.59. The third kappa shape index (κ3) is 5.88. The van der Waals surface area contributed by atoms with Crippen molar-refractivity contribution in [3.05, 3.63) is 58.6 Å². The number of carbonyl (C=O) groups is 2. The summed E-state index contributed by atoms with van der Waals surface area (Å²) in [5, 5.41) is 0. The van der Waals surface area contributed by atoms with Gasteiger partial charge in [0.2, 0.25) is 10.0 Å². The molecule has 0 radical (unpaired) electrons. The SMILES string of the molecule is COC(=O)Cc1ccc(OC(=O)CN(C)S(=O)(=O)c2ccc(Br)cc2)cc1. The van der Waals surface area contributed by atoms with Gasteiger partial charge in [-0.2, -0.15) is 4.31 Å². The second-order valence-corrected chi connectivity index (χ2v) is 8.55. The predicted molar refractivity (Wildman–Crippen MR) is 102 cm³/mol. The maximum absolute atomic E-state index is 12.5. The molecule has 0 heterocycles. The molecule has 2 aromatic rings. The number of hydrogen-bond acceptors (Lipinski definition) is 6. The molecule has 0 fully saturated rings. The van der Waals surface area contributed by atoms with Crippen LogP contribution in [0.4, 0.5) is 0 Å². The lowest BCUT2D eigenvalue weighted by Crippen LogP contribution is -2.34. The van der Waals surface area contributed by atoms with E-state index >= 15 is 0 Å². The minimum Gasteiger partial charge on any atom is -0.469 e. The van der Waals surface area contributed by atoms with E-state index in [1.165, 1.54) is 38.4 Å². The van der Waals surface area contributed by atoms with Crippen LogP contribution in [-0.4, -0.2) is 45.4 Å². The molecule has 0 bridgehead atoms. The van der Waals surface area contributed by atoms with Crippen LogP contribution in [0.5, 0.6) is 5.75 Å². The molecule has 0 saturated heterocycles. The van der Waals surface area contributed by atoms with Crippen molar-refractivity contribution in [3.8, 4) is 5.75 Å². The number of ether oxygens (including phenoxy) is 2. The maximum atomic E-state index is 12.5. The maximum Gasteiger partial charge on any atom is 0.326 e. The van der Waals surface area contributed by atoms with Gasteiger partial charge in [0.1, 0.15) is 12.3 Å². The van der Waals surface area contributed by atoms with Gasteiger partial charge in [-0.05, 0) is 42.0 Å². The largest absolute Gasteiger partial charge is 0.469 e. The lowest BCUT2D eigenvalue weighted by molar-refractivity contribution is -0.139. The van der Waals surface area contributed by atoms with E-state index in [-0.39, 0.29) is 23.0 Å². The highest BCUT2D eigenvalue weighted by Crippen LogP contribution is 2.18. The zero-order valence-corrected chi connectivity index (χ0v) is 17.1. The van der Waals surface area contributed by atoms with E-state index in [0.29, 0.717) is 5.56 Å². The zero-order valence-electron chi connectivity index (χ0n) is 14.7. The monoisotopic (exact) mass is 455 g/mol. The molecule has 144 valence electrons. The van der Waals surface area contributed by atoms with Crippen LogP contribution in [0.2, 0.25) is 0 Å². The van der Waals surface area contributed by atoms with Gasteiger partial charge < -0.3 is 9.47 Å². The van der Waals surface area contributed by atoms with Crippen LogP contribution in [0.15, 0.2) is 57.9 Å². The molecular formula is C18H18BrNO6S. The Balaban J connectivity index is 1.98. The van der Waals surface area contributed by atoms with Crippen molar-refractivity contribution in [1.82, 2.24) is 4.31 Å². The quantitative estimate of drug-likeness (QED) is 0.470. The lowest BCUT2D eigenvalue weighted by atomic mass is 10.1. The van der Waals surface area contributed by atoms with Crippen molar-refractivity contribution >= 4 is 37.9 Å². The molecule has 0 aliphatic carbocycles. The number of carbonyl (C=O) groups excluding carboxylic acids is 2. The fourth-order valence-electron chi connectivity index (χ4n) is 2.13. The third-order valence-corrected chi connectivity index (χ3v) is 5.95. The molecule has 0 amide bonds. The topological polar surface area (TPSA) is 90.0 Å². The Hall–Kier alpha value is -2.23. The van der Waals surface area contributed by atoms with Gasteiger partial charge >= 0.3 is 11.9 Å². The molecule has 2 aromatic carbocycles. The first kappa shape index (κ1) is 21.1. The van der Waals surface area contributed by atoms with Crippen molar-refractivity contribution in [1.29, 1.82) is 0 Å². The van der Waals surface area contributed by atoms with Gasteiger partial charge in [0.15, 0.2) is 0 Å². The molecule has 0 saturated carbocycles. The van der Waals surface area contributed by atoms with E-state index in [1.54, 1.807) is 24.3 Å². The summed E-state index contributed by atoms with van der Waals surface area (Å²) in [5.74, 6) is -0.846. The first-order valence-electron chi connectivity index (χ1n) is 7.80. The Morgan fingerprint density at radius 3 is 2.15 bits per heavy atom. The Kier molecular flexibility index (Phi) is 7.11. The van der Waals surface area contributed by atoms with Crippen LogP contribution < -0.4 is 4.74 Å². The molecule has 0 aliphatic heterocycles. The average molecular weight is 456 g/mol. The zero-order chi connectivity index (χ0) is 20.0. The van der Waals surface area contributed by atoms with E-state index in [0.717, 1.165) is 8.78 Å². The van der Waals surface area contributed by atoms with Crippen molar-refractivity contribution in [2.24, 2.45) is 0 Å². The molecule has 2 rings (SSSR count). The normalized spacial score (nSPS) is 11.3. The first-order chi connectivity index (χ1) is 12.7. The van der Waals surface area contributed by atoms with Crippen LogP contribution >= 0.6 is 15.9 Å². The third-order valence-electron chi connectivity index (χ3n) is 3.60. The molecular weight excluding hydrogens is 438 g/mol. The number of nitrogens with zero attached hydrogens (tertiary/aromatic N) is 1. The van der Waals surface area contributed by atoms with Crippen molar-refractivity contribution in [2.75, 3.05) is 20.7 Å². The number of sulfonamides is 1. The highest BCUT2D eigenvalue weighted by molar-refractivity contribution is 9.10. The molecule has 0 N–H and O–H groups in total. The van der Waals surface area contributed by atoms with Crippen LogP contribution in [0.1, 0.15) is 5.56 Å². The summed E-state index contributed by atoms with van der Waals surface area (Å²) in [6, 6.07) is 12.4. The number of likely N-dealkylation sites (N-methyl/N-ethyl adjacent to an activating group) is 1. The van der Waals surface area contributed by atoms with Gasteiger partial charge in [-0.25, -0.2) is 8.42 Å². The van der Waals surface area contributed by atoms with Crippen LogP contribution in [0.3, 0.4) is 0 Å². The summed E-state index contributed by atoms with van der Waals surface area (Å²) in [7, 11) is -1.20. The van der Waals surface area contributed by atoms with Gasteiger partial charge in [-0.15, -0.1) is 0 Å². The Bertz CT molecular complexity index is 910. The summed E-state index contributed by atoms with van der Waals surface area (Å²) in [5.41, 5.74) is 0.705. The van der Waals surface area contributed by atoms with Crippen molar-refractivity contribution in [2.45, 2.75) is 11.3 Å². The summed E-state index contributed by atoms with van der Waals surface area (Å²) in [4.78, 5) is 23.4. The minimum atomic E-state index is -3.81. The van der Waals surface area contributed by atoms with E-state index in [9.17, 15) is 18.0 Å². The molecule has 0 unspecified atom stereocenters. The average Bonchev–Trinajstić information content (AvgIpc) is 2.63. The van der Waals surface area contributed by atoms with E-state index in [4.69, 9.17) is 4.74 Å². The standard InChI is InChI=1S/C18H18BrNO6S/c1-20(27(23,24)16-9-5-14(19)6-10-16)12-18(22)26-15-7-3-13(4-8-15)11-17(21)25-2/h3-10H,11-12H2,1-2H3. The summed E-state index contributed by atoms with van der Waals surface area (Å²) >= 11 is 3.24. The van der Waals surface area contributed by atoms with Crippen LogP contribution in [0, 0.1) is 0 Å². The first-order valence-corrected chi connectivity index (χ1v) is 10.0. The molecule has 7 nitrogen and oxygen atoms in total. The molecule has 0 aliphatic rings. The van der Waals surface area contributed by atoms with Gasteiger partial charge in [-0.3, -0.25) is 9.59 Å². The number of rotatable bonds is 7. The lowest BCUT2D eigenvalue weighted by Gasteiger charge is -2.16. The van der Waals surface area contributed by atoms with Crippen LogP contribution in [-0.2, 0) is 30.8 Å². The minimum absolute atomic E-state index is 0.0770. The van der Waals surface area contributed by atoms with E-state index in [1.807, 2.05) is 0 Å². The second kappa shape index (κ2) is 9.12. The fourth-order valence-corrected chi connectivity index (χ4v) is 3.51. The predicted octanol–water partition coefficient (Wildman–Crippen LogP) is 2.39. The molecule has 27 heavy (non-hydrogen) atoms. The number of methoxy groups -OCH3 is 1. The summed E-state index contributed by atoms with van der Waals surface area (Å²) in [6.07, 6.45) is 0.110. The van der Waals surface area contributed by atoms with Crippen molar-refractivity contribution in [3.63, 3.8) is 0 Å². The Morgan fingerprint density at radius 2 is 1.59 bits per heavy atom. The number of benzene rings is 2. The van der Waals surface area contributed by atoms with Gasteiger partial charge in [-0.1, -0.05) is 28.1 Å². The smallest absolute Gasteiger partial charge is 0.326 e. The number of halogens is 1. The van der Waals surface area contributed by atoms with Gasteiger partial charge in [0, 0.05) is 11.5 Å². The molecule has 0 aromatic heterocycles. The highest BCUT2D eigenvalue weighted by atomic mass is 79.9. The van der Waals surface area contributed by atoms with E-state index < -0.39 is 22.5 Å². The number of esters is 2. The fraction of sp³-hybridized carbons (Fsp3) is 0.222. The molecule has 0 spiro atoms.